The summed E-state index contributed by atoms with van der Waals surface area (Å²) in [5.41, 5.74) is 8.86. The van der Waals surface area contributed by atoms with Gasteiger partial charge in [-0.05, 0) is 49.8 Å². The quantitative estimate of drug-likeness (QED) is 0.438. The molecular formula is C22H33Cl2N7O. The largest absolute Gasteiger partial charge is 0.497 e. The second-order valence-electron chi connectivity index (χ2n) is 7.96. The van der Waals surface area contributed by atoms with Crippen LogP contribution in [0.5, 0.6) is 5.75 Å². The minimum Gasteiger partial charge on any atom is -0.497 e. The number of rotatable bonds is 8. The van der Waals surface area contributed by atoms with E-state index in [1.54, 1.807) is 7.11 Å². The van der Waals surface area contributed by atoms with E-state index in [1.165, 1.54) is 0 Å². The van der Waals surface area contributed by atoms with Crippen LogP contribution in [0.3, 0.4) is 0 Å². The first kappa shape index (κ1) is 26.0. The molecule has 1 aliphatic rings. The first-order valence-corrected chi connectivity index (χ1v) is 10.8. The van der Waals surface area contributed by atoms with Gasteiger partial charge in [0.25, 0.3) is 0 Å². The number of fused-ring (bicyclic) bond motifs is 1. The number of hydrogen-bond donors (Lipinski definition) is 3. The van der Waals surface area contributed by atoms with Gasteiger partial charge < -0.3 is 25.7 Å². The molecule has 2 aromatic heterocycles. The van der Waals surface area contributed by atoms with Gasteiger partial charge in [0.2, 0.25) is 5.95 Å². The van der Waals surface area contributed by atoms with Crippen molar-refractivity contribution in [1.82, 2.24) is 19.5 Å². The number of ether oxygens (including phenoxy) is 1. The lowest BCUT2D eigenvalue weighted by molar-refractivity contribution is 0.410. The minimum atomic E-state index is 0. The SMILES string of the molecule is CCCn1cnc2c(NCc3ccc(OC)cc3)nc(NC3CCC(N)CC3)nc21.Cl.Cl. The van der Waals surface area contributed by atoms with E-state index in [-0.39, 0.29) is 24.8 Å². The van der Waals surface area contributed by atoms with E-state index in [1.807, 2.05) is 30.6 Å². The number of hydrogen-bond acceptors (Lipinski definition) is 7. The smallest absolute Gasteiger partial charge is 0.227 e. The second kappa shape index (κ2) is 12.1. The zero-order valence-electron chi connectivity index (χ0n) is 18.6. The van der Waals surface area contributed by atoms with Crippen LogP contribution in [0, 0.1) is 0 Å². The van der Waals surface area contributed by atoms with Crippen LogP contribution in [0.25, 0.3) is 11.2 Å². The summed E-state index contributed by atoms with van der Waals surface area (Å²) in [6, 6.07) is 8.69. The number of halogens is 2. The molecule has 0 saturated heterocycles. The molecule has 0 unspecified atom stereocenters. The molecule has 0 amide bonds. The monoisotopic (exact) mass is 481 g/mol. The molecule has 1 aromatic carbocycles. The summed E-state index contributed by atoms with van der Waals surface area (Å²) >= 11 is 0. The van der Waals surface area contributed by atoms with Crippen LogP contribution < -0.4 is 21.1 Å². The number of nitrogens with two attached hydrogens (primary N) is 1. The maximum absolute atomic E-state index is 6.05. The lowest BCUT2D eigenvalue weighted by Gasteiger charge is -2.26. The summed E-state index contributed by atoms with van der Waals surface area (Å²) in [5, 5.41) is 6.98. The molecule has 1 fully saturated rings. The van der Waals surface area contributed by atoms with Crippen molar-refractivity contribution in [2.24, 2.45) is 5.73 Å². The molecule has 0 radical (unpaired) electrons. The molecule has 0 aliphatic heterocycles. The van der Waals surface area contributed by atoms with Gasteiger partial charge in [0.15, 0.2) is 17.0 Å². The van der Waals surface area contributed by atoms with Gasteiger partial charge >= 0.3 is 0 Å². The van der Waals surface area contributed by atoms with E-state index in [0.717, 1.165) is 66.9 Å². The van der Waals surface area contributed by atoms with Gasteiger partial charge in [0, 0.05) is 25.2 Å². The number of aryl methyl sites for hydroxylation is 1. The molecule has 176 valence electrons. The van der Waals surface area contributed by atoms with Gasteiger partial charge in [-0.3, -0.25) is 0 Å². The fourth-order valence-electron chi connectivity index (χ4n) is 3.91. The molecule has 3 aromatic rings. The number of benzene rings is 1. The van der Waals surface area contributed by atoms with E-state index in [0.29, 0.717) is 24.6 Å². The first-order valence-electron chi connectivity index (χ1n) is 10.8. The normalized spacial score (nSPS) is 17.8. The number of aromatic nitrogens is 4. The van der Waals surface area contributed by atoms with Crippen LogP contribution in [0.4, 0.5) is 11.8 Å². The Morgan fingerprint density at radius 3 is 2.47 bits per heavy atom. The third-order valence-electron chi connectivity index (χ3n) is 5.65. The topological polar surface area (TPSA) is 103 Å². The Morgan fingerprint density at radius 2 is 1.81 bits per heavy atom. The fraction of sp³-hybridized carbons (Fsp3) is 0.500. The summed E-state index contributed by atoms with van der Waals surface area (Å²) < 4.78 is 7.33. The molecule has 32 heavy (non-hydrogen) atoms. The summed E-state index contributed by atoms with van der Waals surface area (Å²) in [7, 11) is 1.67. The molecular weight excluding hydrogens is 449 g/mol. The zero-order chi connectivity index (χ0) is 20.9. The van der Waals surface area contributed by atoms with Gasteiger partial charge in [-0.15, -0.1) is 24.8 Å². The molecule has 10 heteroatoms. The third-order valence-corrected chi connectivity index (χ3v) is 5.65. The number of nitrogens with one attached hydrogen (secondary N) is 2. The number of nitrogens with zero attached hydrogens (tertiary/aromatic N) is 4. The molecule has 0 atom stereocenters. The molecule has 4 N–H and O–H groups in total. The van der Waals surface area contributed by atoms with E-state index in [2.05, 4.69) is 27.1 Å². The summed E-state index contributed by atoms with van der Waals surface area (Å²) in [6.45, 7) is 3.68. The highest BCUT2D eigenvalue weighted by atomic mass is 35.5. The summed E-state index contributed by atoms with van der Waals surface area (Å²) in [6.07, 6.45) is 7.04. The molecule has 8 nitrogen and oxygen atoms in total. The third kappa shape index (κ3) is 6.15. The predicted octanol–water partition coefficient (Wildman–Crippen LogP) is 4.38. The lowest BCUT2D eigenvalue weighted by atomic mass is 9.92. The van der Waals surface area contributed by atoms with Crippen molar-refractivity contribution >= 4 is 47.7 Å². The second-order valence-corrected chi connectivity index (χ2v) is 7.96. The Kier molecular flexibility index (Phi) is 9.81. The van der Waals surface area contributed by atoms with Gasteiger partial charge in [0.05, 0.1) is 13.4 Å². The highest BCUT2D eigenvalue weighted by Gasteiger charge is 2.20. The zero-order valence-corrected chi connectivity index (χ0v) is 20.2. The summed E-state index contributed by atoms with van der Waals surface area (Å²) in [4.78, 5) is 14.2. The fourth-order valence-corrected chi connectivity index (χ4v) is 3.91. The maximum Gasteiger partial charge on any atom is 0.227 e. The van der Waals surface area contributed by atoms with Crippen LogP contribution in [0.15, 0.2) is 30.6 Å². The lowest BCUT2D eigenvalue weighted by Crippen LogP contribution is -2.33. The van der Waals surface area contributed by atoms with Crippen LogP contribution >= 0.6 is 24.8 Å². The standard InChI is InChI=1S/C22H31N7O.2ClH/c1-3-12-29-14-25-19-20(24-13-15-4-10-18(30-2)11-5-15)27-22(28-21(19)29)26-17-8-6-16(23)7-9-17;;/h4-5,10-11,14,16-17H,3,6-9,12-13,23H2,1-2H3,(H2,24,26,27,28);2*1H. The van der Waals surface area contributed by atoms with E-state index < -0.39 is 0 Å². The van der Waals surface area contributed by atoms with E-state index >= 15 is 0 Å². The van der Waals surface area contributed by atoms with Crippen molar-refractivity contribution < 1.29 is 4.74 Å². The van der Waals surface area contributed by atoms with Gasteiger partial charge in [-0.2, -0.15) is 9.97 Å². The number of anilines is 2. The van der Waals surface area contributed by atoms with Crippen molar-refractivity contribution in [3.8, 4) is 5.75 Å². The molecule has 0 spiro atoms. The highest BCUT2D eigenvalue weighted by Crippen LogP contribution is 2.25. The van der Waals surface area contributed by atoms with Crippen molar-refractivity contribution in [3.05, 3.63) is 36.2 Å². The molecule has 1 saturated carbocycles. The predicted molar refractivity (Wildman–Crippen MR) is 134 cm³/mol. The average molecular weight is 482 g/mol. The van der Waals surface area contributed by atoms with Crippen LogP contribution in [-0.2, 0) is 13.1 Å². The van der Waals surface area contributed by atoms with Crippen molar-refractivity contribution in [2.75, 3.05) is 17.7 Å². The Balaban J connectivity index is 0.00000181. The van der Waals surface area contributed by atoms with Crippen molar-refractivity contribution in [2.45, 2.75) is 64.2 Å². The number of imidazole rings is 1. The highest BCUT2D eigenvalue weighted by molar-refractivity contribution is 5.86. The number of methoxy groups -OCH3 is 1. The van der Waals surface area contributed by atoms with Crippen LogP contribution in [0.2, 0.25) is 0 Å². The van der Waals surface area contributed by atoms with E-state index in [9.17, 15) is 0 Å². The molecule has 0 bridgehead atoms. The Morgan fingerprint density at radius 1 is 1.09 bits per heavy atom. The van der Waals surface area contributed by atoms with Gasteiger partial charge in [-0.25, -0.2) is 4.98 Å². The van der Waals surface area contributed by atoms with Crippen molar-refractivity contribution in [1.29, 1.82) is 0 Å². The Labute approximate surface area is 201 Å². The summed E-state index contributed by atoms with van der Waals surface area (Å²) in [5.74, 6) is 2.25. The van der Waals surface area contributed by atoms with Gasteiger partial charge in [-0.1, -0.05) is 19.1 Å². The maximum atomic E-state index is 6.05. The molecule has 1 aliphatic carbocycles. The van der Waals surface area contributed by atoms with Gasteiger partial charge in [0.1, 0.15) is 5.75 Å². The van der Waals surface area contributed by atoms with Crippen molar-refractivity contribution in [3.63, 3.8) is 0 Å². The van der Waals surface area contributed by atoms with Crippen LogP contribution in [0.1, 0.15) is 44.6 Å². The van der Waals surface area contributed by atoms with E-state index in [4.69, 9.17) is 20.4 Å². The molecule has 2 heterocycles. The average Bonchev–Trinajstić information content (AvgIpc) is 3.17. The Hall–Kier alpha value is -2.29. The minimum absolute atomic E-state index is 0. The molecule has 4 rings (SSSR count). The first-order chi connectivity index (χ1) is 14.7. The Bertz CT molecular complexity index is 972. The van der Waals surface area contributed by atoms with Crippen LogP contribution in [-0.4, -0.2) is 38.7 Å².